The maximum Gasteiger partial charge on any atom is 0.0825 e. The van der Waals surface area contributed by atoms with Crippen LogP contribution in [0.3, 0.4) is 0 Å². The zero-order valence-corrected chi connectivity index (χ0v) is 12.4. The molecular formula is C13H17N3S2. The third-order valence-electron chi connectivity index (χ3n) is 3.25. The quantitative estimate of drug-likeness (QED) is 0.906. The Kier molecular flexibility index (Phi) is 3.11. The van der Waals surface area contributed by atoms with Crippen LogP contribution in [-0.2, 0) is 7.05 Å². The molecule has 18 heavy (non-hydrogen) atoms. The van der Waals surface area contributed by atoms with Crippen LogP contribution >= 0.6 is 23.1 Å². The second-order valence-corrected chi connectivity index (χ2v) is 7.45. The van der Waals surface area contributed by atoms with Crippen LogP contribution in [0, 0.1) is 6.92 Å². The van der Waals surface area contributed by atoms with E-state index in [2.05, 4.69) is 41.9 Å². The van der Waals surface area contributed by atoms with Crippen molar-refractivity contribution in [2.24, 2.45) is 7.05 Å². The van der Waals surface area contributed by atoms with Gasteiger partial charge in [0.2, 0.25) is 0 Å². The summed E-state index contributed by atoms with van der Waals surface area (Å²) >= 11 is 3.85. The fourth-order valence-electron chi connectivity index (χ4n) is 2.41. The normalized spacial score (nSPS) is 22.8. The molecule has 1 aliphatic rings. The fourth-order valence-corrected chi connectivity index (χ4v) is 4.98. The summed E-state index contributed by atoms with van der Waals surface area (Å²) in [6.45, 7) is 4.36. The highest BCUT2D eigenvalue weighted by molar-refractivity contribution is 8.01. The molecule has 5 heteroatoms. The maximum atomic E-state index is 4.39. The predicted molar refractivity (Wildman–Crippen MR) is 78.6 cm³/mol. The van der Waals surface area contributed by atoms with E-state index < -0.39 is 0 Å². The summed E-state index contributed by atoms with van der Waals surface area (Å²) in [4.78, 5) is 0. The van der Waals surface area contributed by atoms with Crippen molar-refractivity contribution in [3.8, 4) is 0 Å². The van der Waals surface area contributed by atoms with Crippen LogP contribution in [-0.4, -0.2) is 15.0 Å². The van der Waals surface area contributed by atoms with Crippen LogP contribution in [0.25, 0.3) is 0 Å². The average molecular weight is 279 g/mol. The molecule has 0 aromatic carbocycles. The van der Waals surface area contributed by atoms with Crippen molar-refractivity contribution in [3.63, 3.8) is 0 Å². The van der Waals surface area contributed by atoms with E-state index in [4.69, 9.17) is 0 Å². The Morgan fingerprint density at radius 1 is 1.50 bits per heavy atom. The Bertz CT molecular complexity index is 558. The van der Waals surface area contributed by atoms with Crippen molar-refractivity contribution in [1.82, 2.24) is 9.78 Å². The molecule has 1 N–H and O–H groups in total. The van der Waals surface area contributed by atoms with Gasteiger partial charge < -0.3 is 5.32 Å². The summed E-state index contributed by atoms with van der Waals surface area (Å²) in [6.07, 6.45) is 3.23. The van der Waals surface area contributed by atoms with Gasteiger partial charge in [-0.05, 0) is 30.4 Å². The molecule has 96 valence electrons. The number of thiophene rings is 1. The maximum absolute atomic E-state index is 4.39. The van der Waals surface area contributed by atoms with Crippen molar-refractivity contribution >= 4 is 28.8 Å². The lowest BCUT2D eigenvalue weighted by Gasteiger charge is -2.28. The molecule has 0 amide bonds. The molecule has 0 aliphatic carbocycles. The number of nitrogens with one attached hydrogen (secondary N) is 1. The zero-order valence-electron chi connectivity index (χ0n) is 10.8. The molecule has 3 nitrogen and oxygen atoms in total. The lowest BCUT2D eigenvalue weighted by molar-refractivity contribution is 0.669. The van der Waals surface area contributed by atoms with Gasteiger partial charge in [-0.15, -0.1) is 23.1 Å². The van der Waals surface area contributed by atoms with E-state index in [1.807, 2.05) is 34.8 Å². The third-order valence-corrected chi connectivity index (χ3v) is 5.60. The fraction of sp³-hybridized carbons (Fsp3) is 0.462. The highest BCUT2D eigenvalue weighted by atomic mass is 32.2. The summed E-state index contributed by atoms with van der Waals surface area (Å²) in [7, 11) is 1.97. The van der Waals surface area contributed by atoms with Gasteiger partial charge in [-0.3, -0.25) is 4.68 Å². The second-order valence-electron chi connectivity index (χ2n) is 4.83. The monoisotopic (exact) mass is 279 g/mol. The summed E-state index contributed by atoms with van der Waals surface area (Å²) in [5, 5.41) is 10.9. The van der Waals surface area contributed by atoms with E-state index in [9.17, 15) is 0 Å². The highest BCUT2D eigenvalue weighted by Gasteiger charge is 2.26. The van der Waals surface area contributed by atoms with Crippen molar-refractivity contribution in [3.05, 3.63) is 28.9 Å². The van der Waals surface area contributed by atoms with Gasteiger partial charge >= 0.3 is 0 Å². The summed E-state index contributed by atoms with van der Waals surface area (Å²) in [5.74, 6) is 0. The number of aromatic nitrogens is 2. The number of hydrogen-bond acceptors (Lipinski definition) is 4. The van der Waals surface area contributed by atoms with E-state index in [0.29, 0.717) is 11.3 Å². The van der Waals surface area contributed by atoms with E-state index >= 15 is 0 Å². The molecule has 2 atom stereocenters. The van der Waals surface area contributed by atoms with Gasteiger partial charge in [0, 0.05) is 18.5 Å². The average Bonchev–Trinajstić information content (AvgIpc) is 2.86. The molecule has 2 aromatic heterocycles. The number of fused-ring (bicyclic) bond motifs is 1. The lowest BCUT2D eigenvalue weighted by atomic mass is 10.0. The molecule has 0 spiro atoms. The number of hydrogen-bond donors (Lipinski definition) is 1. The number of aryl methyl sites for hydroxylation is 2. The lowest BCUT2D eigenvalue weighted by Crippen LogP contribution is -2.19. The molecule has 3 rings (SSSR count). The van der Waals surface area contributed by atoms with Gasteiger partial charge in [0.05, 0.1) is 21.6 Å². The van der Waals surface area contributed by atoms with Crippen LogP contribution in [0.5, 0.6) is 0 Å². The first-order chi connectivity index (χ1) is 8.63. The molecular weight excluding hydrogens is 262 g/mol. The summed E-state index contributed by atoms with van der Waals surface area (Å²) in [6, 6.07) is 2.67. The standard InChI is InChI=1S/C13H17N3S2/c1-8-6-11(10-4-5-17-13(10)18-8)14-12-7-16(3)15-9(12)2/h4-5,7-8,11,14H,6H2,1-3H3/t8-,11?/m0/s1. The molecule has 0 saturated heterocycles. The Balaban J connectivity index is 1.88. The van der Waals surface area contributed by atoms with E-state index in [1.54, 1.807) is 0 Å². The molecule has 2 aromatic rings. The minimum Gasteiger partial charge on any atom is -0.375 e. The van der Waals surface area contributed by atoms with Crippen molar-refractivity contribution in [2.75, 3.05) is 5.32 Å². The first-order valence-electron chi connectivity index (χ1n) is 6.14. The van der Waals surface area contributed by atoms with E-state index in [1.165, 1.54) is 16.2 Å². The molecule has 0 bridgehead atoms. The predicted octanol–water partition coefficient (Wildman–Crippen LogP) is 3.83. The number of anilines is 1. The molecule has 0 saturated carbocycles. The molecule has 1 aliphatic heterocycles. The minimum absolute atomic E-state index is 0.422. The minimum atomic E-state index is 0.422. The first-order valence-corrected chi connectivity index (χ1v) is 7.90. The van der Waals surface area contributed by atoms with Gasteiger partial charge in [0.1, 0.15) is 0 Å². The Morgan fingerprint density at radius 2 is 2.33 bits per heavy atom. The van der Waals surface area contributed by atoms with Gasteiger partial charge in [-0.1, -0.05) is 6.92 Å². The van der Waals surface area contributed by atoms with Crippen molar-refractivity contribution in [2.45, 2.75) is 35.8 Å². The Labute approximate surface area is 116 Å². The largest absolute Gasteiger partial charge is 0.375 e. The van der Waals surface area contributed by atoms with Crippen LogP contribution in [0.4, 0.5) is 5.69 Å². The SMILES string of the molecule is Cc1nn(C)cc1NC1C[C@H](C)Sc2sccc21. The summed E-state index contributed by atoms with van der Waals surface area (Å²) in [5.41, 5.74) is 3.67. The summed E-state index contributed by atoms with van der Waals surface area (Å²) < 4.78 is 3.33. The van der Waals surface area contributed by atoms with Crippen LogP contribution in [0.15, 0.2) is 21.9 Å². The smallest absolute Gasteiger partial charge is 0.0825 e. The van der Waals surface area contributed by atoms with Crippen molar-refractivity contribution in [1.29, 1.82) is 0 Å². The van der Waals surface area contributed by atoms with Crippen LogP contribution in [0.1, 0.15) is 30.6 Å². The Morgan fingerprint density at radius 3 is 3.06 bits per heavy atom. The molecule has 0 radical (unpaired) electrons. The third kappa shape index (κ3) is 2.17. The topological polar surface area (TPSA) is 29.9 Å². The van der Waals surface area contributed by atoms with Gasteiger partial charge in [0.25, 0.3) is 0 Å². The Hall–Kier alpha value is -0.940. The van der Waals surface area contributed by atoms with Gasteiger partial charge in [-0.25, -0.2) is 0 Å². The highest BCUT2D eigenvalue weighted by Crippen LogP contribution is 2.45. The molecule has 1 unspecified atom stereocenters. The first kappa shape index (κ1) is 12.1. The molecule has 3 heterocycles. The van der Waals surface area contributed by atoms with Gasteiger partial charge in [0.15, 0.2) is 0 Å². The molecule has 0 fully saturated rings. The number of thioether (sulfide) groups is 1. The van der Waals surface area contributed by atoms with Crippen molar-refractivity contribution < 1.29 is 0 Å². The van der Waals surface area contributed by atoms with E-state index in [0.717, 1.165) is 11.4 Å². The van der Waals surface area contributed by atoms with Crippen LogP contribution in [0.2, 0.25) is 0 Å². The zero-order chi connectivity index (χ0) is 12.7. The second kappa shape index (κ2) is 4.63. The van der Waals surface area contributed by atoms with E-state index in [-0.39, 0.29) is 0 Å². The number of rotatable bonds is 2. The number of nitrogens with zero attached hydrogens (tertiary/aromatic N) is 2. The van der Waals surface area contributed by atoms with Gasteiger partial charge in [-0.2, -0.15) is 5.10 Å². The van der Waals surface area contributed by atoms with Crippen LogP contribution < -0.4 is 5.32 Å².